The zero-order chi connectivity index (χ0) is 15.1. The van der Waals surface area contributed by atoms with Crippen LogP contribution in [0.2, 0.25) is 0 Å². The average molecular weight is 279 g/mol. The number of hydrogen-bond acceptors (Lipinski definition) is 6. The second-order valence-corrected chi connectivity index (χ2v) is 5.38. The maximum Gasteiger partial charge on any atom is 0.345 e. The number of nitrogens with zero attached hydrogens (tertiary/aromatic N) is 3. The summed E-state index contributed by atoms with van der Waals surface area (Å²) < 4.78 is 6.01. The van der Waals surface area contributed by atoms with Crippen molar-refractivity contribution in [1.29, 1.82) is 0 Å². The van der Waals surface area contributed by atoms with Gasteiger partial charge in [0.2, 0.25) is 0 Å². The molecule has 0 aliphatic carbocycles. The van der Waals surface area contributed by atoms with Gasteiger partial charge in [0.25, 0.3) is 5.56 Å². The molecule has 2 aromatic rings. The normalized spacial score (nSPS) is 11.8. The first-order valence-electron chi connectivity index (χ1n) is 6.21. The van der Waals surface area contributed by atoms with E-state index >= 15 is 0 Å². The highest BCUT2D eigenvalue weighted by Gasteiger charge is 2.26. The molecule has 3 N–H and O–H groups in total. The number of carbonyl (C=O) groups is 1. The van der Waals surface area contributed by atoms with Crippen molar-refractivity contribution in [2.24, 2.45) is 0 Å². The minimum absolute atomic E-state index is 0.0249. The third-order valence-electron chi connectivity index (χ3n) is 2.78. The van der Waals surface area contributed by atoms with Crippen LogP contribution in [0, 0.1) is 0 Å². The lowest BCUT2D eigenvalue weighted by atomic mass is 9.93. The van der Waals surface area contributed by atoms with Crippen LogP contribution < -0.4 is 11.3 Å². The highest BCUT2D eigenvalue weighted by Crippen LogP contribution is 2.19. The highest BCUT2D eigenvalue weighted by atomic mass is 16.5. The average Bonchev–Trinajstić information content (AvgIpc) is 2.65. The Hall–Kier alpha value is -2.38. The van der Waals surface area contributed by atoms with E-state index in [0.717, 1.165) is 4.52 Å². The molecule has 0 fully saturated rings. The van der Waals surface area contributed by atoms with Crippen LogP contribution in [-0.2, 0) is 10.2 Å². The van der Waals surface area contributed by atoms with Gasteiger partial charge in [-0.1, -0.05) is 20.8 Å². The lowest BCUT2D eigenvalue weighted by molar-refractivity contribution is 0.0529. The first kappa shape index (κ1) is 14.0. The molecule has 0 aliphatic heterocycles. The van der Waals surface area contributed by atoms with Gasteiger partial charge >= 0.3 is 5.97 Å². The summed E-state index contributed by atoms with van der Waals surface area (Å²) in [5, 5.41) is 10.5. The zero-order valence-electron chi connectivity index (χ0n) is 11.9. The number of H-pyrrole nitrogens is 1. The minimum Gasteiger partial charge on any atom is -0.462 e. The summed E-state index contributed by atoms with van der Waals surface area (Å²) in [7, 11) is 0. The SMILES string of the molecule is CCOC(=O)c1c(N)[nH]n2c(=O)c(C(C)(C)C)nnc12. The quantitative estimate of drug-likeness (QED) is 0.772. The Bertz CT molecular complexity index is 723. The van der Waals surface area contributed by atoms with Crippen LogP contribution in [0.25, 0.3) is 5.65 Å². The van der Waals surface area contributed by atoms with Crippen LogP contribution in [0.15, 0.2) is 4.79 Å². The van der Waals surface area contributed by atoms with Crippen LogP contribution in [0.5, 0.6) is 0 Å². The van der Waals surface area contributed by atoms with Crippen molar-refractivity contribution in [2.45, 2.75) is 33.1 Å². The van der Waals surface area contributed by atoms with Crippen molar-refractivity contribution in [3.63, 3.8) is 0 Å². The summed E-state index contributed by atoms with van der Waals surface area (Å²) >= 11 is 0. The molecule has 0 atom stereocenters. The Labute approximate surface area is 114 Å². The molecule has 0 radical (unpaired) electrons. The number of esters is 1. The molecule has 20 heavy (non-hydrogen) atoms. The van der Waals surface area contributed by atoms with Crippen LogP contribution in [-0.4, -0.2) is 32.4 Å². The maximum atomic E-state index is 12.3. The fourth-order valence-corrected chi connectivity index (χ4v) is 1.82. The van der Waals surface area contributed by atoms with Gasteiger partial charge in [-0.25, -0.2) is 4.79 Å². The van der Waals surface area contributed by atoms with Gasteiger partial charge in [-0.05, 0) is 6.92 Å². The molecule has 108 valence electrons. The van der Waals surface area contributed by atoms with Crippen LogP contribution in [0.4, 0.5) is 5.82 Å². The third kappa shape index (κ3) is 2.13. The molecule has 0 aromatic carbocycles. The lowest BCUT2D eigenvalue weighted by Crippen LogP contribution is -2.30. The van der Waals surface area contributed by atoms with Crippen molar-refractivity contribution in [2.75, 3.05) is 12.3 Å². The van der Waals surface area contributed by atoms with Gasteiger partial charge in [0.05, 0.1) is 6.61 Å². The van der Waals surface area contributed by atoms with Gasteiger partial charge in [-0.15, -0.1) is 10.2 Å². The van der Waals surface area contributed by atoms with Gasteiger partial charge in [-0.3, -0.25) is 9.89 Å². The van der Waals surface area contributed by atoms with E-state index in [1.165, 1.54) is 0 Å². The Morgan fingerprint density at radius 1 is 1.40 bits per heavy atom. The van der Waals surface area contributed by atoms with Gasteiger partial charge < -0.3 is 10.5 Å². The van der Waals surface area contributed by atoms with Crippen molar-refractivity contribution in [1.82, 2.24) is 19.8 Å². The smallest absolute Gasteiger partial charge is 0.345 e. The molecule has 8 heteroatoms. The van der Waals surface area contributed by atoms with Gasteiger partial charge in [-0.2, -0.15) is 4.52 Å². The highest BCUT2D eigenvalue weighted by molar-refractivity contribution is 6.00. The Kier molecular flexibility index (Phi) is 3.24. The van der Waals surface area contributed by atoms with Crippen LogP contribution in [0.1, 0.15) is 43.7 Å². The second kappa shape index (κ2) is 4.62. The molecule has 0 amide bonds. The summed E-state index contributed by atoms with van der Waals surface area (Å²) in [6.45, 7) is 7.43. The molecule has 8 nitrogen and oxygen atoms in total. The van der Waals surface area contributed by atoms with Crippen LogP contribution >= 0.6 is 0 Å². The molecule has 0 aliphatic rings. The van der Waals surface area contributed by atoms with Crippen molar-refractivity contribution in [3.8, 4) is 0 Å². The number of aromatic nitrogens is 4. The summed E-state index contributed by atoms with van der Waals surface area (Å²) in [6.07, 6.45) is 0. The number of nitrogens with one attached hydrogen (secondary N) is 1. The number of nitrogens with two attached hydrogens (primary N) is 1. The molecule has 0 saturated heterocycles. The summed E-state index contributed by atoms with van der Waals surface area (Å²) in [4.78, 5) is 24.2. The standard InChI is InChI=1S/C12H17N5O3/c1-5-20-11(19)6-8(13)16-17-9(6)15-14-7(10(17)18)12(2,3)4/h16H,5,13H2,1-4H3. The molecular weight excluding hydrogens is 262 g/mol. The molecule has 0 spiro atoms. The monoisotopic (exact) mass is 279 g/mol. The van der Waals surface area contributed by atoms with E-state index in [-0.39, 0.29) is 34.9 Å². The van der Waals surface area contributed by atoms with E-state index in [1.54, 1.807) is 6.92 Å². The van der Waals surface area contributed by atoms with E-state index in [9.17, 15) is 9.59 Å². The molecular formula is C12H17N5O3. The Morgan fingerprint density at radius 3 is 2.60 bits per heavy atom. The number of nitrogen functional groups attached to an aromatic ring is 1. The number of hydrogen-bond donors (Lipinski definition) is 2. The number of aromatic amines is 1. The molecule has 0 bridgehead atoms. The fourth-order valence-electron chi connectivity index (χ4n) is 1.82. The van der Waals surface area contributed by atoms with Crippen molar-refractivity contribution < 1.29 is 9.53 Å². The fraction of sp³-hybridized carbons (Fsp3) is 0.500. The molecule has 2 aromatic heterocycles. The van der Waals surface area contributed by atoms with E-state index in [1.807, 2.05) is 20.8 Å². The third-order valence-corrected chi connectivity index (χ3v) is 2.78. The summed E-state index contributed by atoms with van der Waals surface area (Å²) in [5.41, 5.74) is 5.26. The Balaban J connectivity index is 2.72. The first-order valence-corrected chi connectivity index (χ1v) is 6.21. The predicted octanol–water partition coefficient (Wildman–Crippen LogP) is 0.474. The van der Waals surface area contributed by atoms with Gasteiger partial charge in [0, 0.05) is 5.41 Å². The largest absolute Gasteiger partial charge is 0.462 e. The number of carbonyl (C=O) groups excluding carboxylic acids is 1. The molecule has 0 saturated carbocycles. The van der Waals surface area contributed by atoms with E-state index in [2.05, 4.69) is 15.3 Å². The van der Waals surface area contributed by atoms with Crippen molar-refractivity contribution in [3.05, 3.63) is 21.6 Å². The van der Waals surface area contributed by atoms with E-state index in [4.69, 9.17) is 10.5 Å². The first-order chi connectivity index (χ1) is 9.27. The Morgan fingerprint density at radius 2 is 2.05 bits per heavy atom. The van der Waals surface area contributed by atoms with Gasteiger partial charge in [0.1, 0.15) is 17.1 Å². The van der Waals surface area contributed by atoms with Gasteiger partial charge in [0.15, 0.2) is 5.65 Å². The van der Waals surface area contributed by atoms with E-state index in [0.29, 0.717) is 0 Å². The van der Waals surface area contributed by atoms with E-state index < -0.39 is 11.4 Å². The number of anilines is 1. The second-order valence-electron chi connectivity index (χ2n) is 5.38. The lowest BCUT2D eigenvalue weighted by Gasteiger charge is -2.15. The molecule has 2 rings (SSSR count). The molecule has 0 unspecified atom stereocenters. The van der Waals surface area contributed by atoms with Crippen LogP contribution in [0.3, 0.4) is 0 Å². The maximum absolute atomic E-state index is 12.3. The number of fused-ring (bicyclic) bond motifs is 1. The molecule has 2 heterocycles. The summed E-state index contributed by atoms with van der Waals surface area (Å²) in [6, 6.07) is 0. The summed E-state index contributed by atoms with van der Waals surface area (Å²) in [5.74, 6) is -0.609. The minimum atomic E-state index is -0.638. The zero-order valence-corrected chi connectivity index (χ0v) is 11.9. The number of rotatable bonds is 2. The van der Waals surface area contributed by atoms with Crippen molar-refractivity contribution >= 4 is 17.4 Å². The predicted molar refractivity (Wildman–Crippen MR) is 72.7 cm³/mol. The topological polar surface area (TPSA) is 115 Å². The number of ether oxygens (including phenoxy) is 1.